The third kappa shape index (κ3) is 3.06. The van der Waals surface area contributed by atoms with Crippen LogP contribution in [0.25, 0.3) is 0 Å². The molecule has 3 nitrogen and oxygen atoms in total. The summed E-state index contributed by atoms with van der Waals surface area (Å²) in [6, 6.07) is 5.58. The molecule has 0 aliphatic carbocycles. The molecule has 1 fully saturated rings. The number of halogens is 1. The minimum Gasteiger partial charge on any atom is -0.278 e. The van der Waals surface area contributed by atoms with Crippen molar-refractivity contribution in [2.24, 2.45) is 5.92 Å². The van der Waals surface area contributed by atoms with Gasteiger partial charge in [0, 0.05) is 23.0 Å². The van der Waals surface area contributed by atoms with Crippen molar-refractivity contribution in [2.75, 3.05) is 6.54 Å². The fraction of sp³-hybridized carbons (Fsp3) is 0.467. The average molecular weight is 324 g/mol. The lowest BCUT2D eigenvalue weighted by Crippen LogP contribution is -2.32. The molecular formula is C15H18BrNO2. The smallest absolute Gasteiger partial charge is 0.260 e. The predicted octanol–water partition coefficient (Wildman–Crippen LogP) is 3.55. The molecule has 0 aromatic heterocycles. The van der Waals surface area contributed by atoms with E-state index in [0.717, 1.165) is 22.9 Å². The predicted molar refractivity (Wildman–Crippen MR) is 77.9 cm³/mol. The number of hydrogen-bond acceptors (Lipinski definition) is 2. The molecule has 102 valence electrons. The van der Waals surface area contributed by atoms with Crippen molar-refractivity contribution in [1.29, 1.82) is 0 Å². The van der Waals surface area contributed by atoms with E-state index in [-0.39, 0.29) is 11.8 Å². The summed E-state index contributed by atoms with van der Waals surface area (Å²) in [6.45, 7) is 4.56. The zero-order chi connectivity index (χ0) is 14.0. The first kappa shape index (κ1) is 14.3. The summed E-state index contributed by atoms with van der Waals surface area (Å²) in [5.41, 5.74) is 1.51. The Kier molecular flexibility index (Phi) is 4.40. The van der Waals surface area contributed by atoms with E-state index in [1.54, 1.807) is 6.07 Å². The molecule has 2 amide bonds. The van der Waals surface area contributed by atoms with Crippen molar-refractivity contribution in [3.63, 3.8) is 0 Å². The van der Waals surface area contributed by atoms with Gasteiger partial charge in [-0.1, -0.05) is 35.3 Å². The summed E-state index contributed by atoms with van der Waals surface area (Å²) in [7, 11) is 0. The molecule has 0 saturated carbocycles. The lowest BCUT2D eigenvalue weighted by molar-refractivity contribution is -0.125. The molecule has 0 spiro atoms. The van der Waals surface area contributed by atoms with Gasteiger partial charge in [-0.15, -0.1) is 0 Å². The number of imide groups is 1. The summed E-state index contributed by atoms with van der Waals surface area (Å²) < 4.78 is 0.859. The lowest BCUT2D eigenvalue weighted by atomic mass is 10.0. The van der Waals surface area contributed by atoms with Crippen molar-refractivity contribution in [3.8, 4) is 0 Å². The van der Waals surface area contributed by atoms with E-state index in [9.17, 15) is 9.59 Å². The number of likely N-dealkylation sites (tertiary alicyclic amines) is 1. The number of carbonyl (C=O) groups excluding carboxylic acids is 2. The molecule has 1 saturated heterocycles. The van der Waals surface area contributed by atoms with E-state index in [1.165, 1.54) is 4.90 Å². The Balaban J connectivity index is 2.20. The van der Waals surface area contributed by atoms with Gasteiger partial charge in [-0.25, -0.2) is 0 Å². The maximum atomic E-state index is 12.5. The van der Waals surface area contributed by atoms with Crippen molar-refractivity contribution in [1.82, 2.24) is 4.90 Å². The molecule has 1 unspecified atom stereocenters. The van der Waals surface area contributed by atoms with Crippen LogP contribution in [0.15, 0.2) is 22.7 Å². The number of carbonyl (C=O) groups is 2. The number of rotatable bonds is 3. The van der Waals surface area contributed by atoms with Crippen molar-refractivity contribution < 1.29 is 9.59 Å². The fourth-order valence-corrected chi connectivity index (χ4v) is 2.91. The molecular weight excluding hydrogens is 306 g/mol. The summed E-state index contributed by atoms with van der Waals surface area (Å²) >= 11 is 3.37. The monoisotopic (exact) mass is 323 g/mol. The Bertz CT molecular complexity index is 513. The van der Waals surface area contributed by atoms with Crippen molar-refractivity contribution in [2.45, 2.75) is 33.1 Å². The van der Waals surface area contributed by atoms with Crippen LogP contribution in [0, 0.1) is 12.8 Å². The first-order chi connectivity index (χ1) is 9.02. The van der Waals surface area contributed by atoms with Gasteiger partial charge in [0.05, 0.1) is 0 Å². The van der Waals surface area contributed by atoms with Crippen LogP contribution in [0.1, 0.15) is 42.1 Å². The largest absolute Gasteiger partial charge is 0.278 e. The standard InChI is InChI=1S/C15H18BrNO2/c1-3-4-11-7-14(18)17(9-11)15(19)13-8-12(16)6-5-10(13)2/h5-6,8,11H,3-4,7,9H2,1-2H3. The number of hydrogen-bond donors (Lipinski definition) is 0. The zero-order valence-corrected chi connectivity index (χ0v) is 12.9. The fourth-order valence-electron chi connectivity index (χ4n) is 2.55. The van der Waals surface area contributed by atoms with Crippen LogP contribution in [0.4, 0.5) is 0 Å². The second-order valence-electron chi connectivity index (χ2n) is 5.13. The Hall–Kier alpha value is -1.16. The summed E-state index contributed by atoms with van der Waals surface area (Å²) in [6.07, 6.45) is 2.56. The third-order valence-corrected chi connectivity index (χ3v) is 4.07. The lowest BCUT2D eigenvalue weighted by Gasteiger charge is -2.16. The first-order valence-electron chi connectivity index (χ1n) is 6.63. The third-order valence-electron chi connectivity index (χ3n) is 3.58. The second-order valence-corrected chi connectivity index (χ2v) is 6.04. The highest BCUT2D eigenvalue weighted by atomic mass is 79.9. The maximum Gasteiger partial charge on any atom is 0.260 e. The van der Waals surface area contributed by atoms with Gasteiger partial charge in [-0.3, -0.25) is 14.5 Å². The molecule has 1 heterocycles. The maximum absolute atomic E-state index is 12.5. The zero-order valence-electron chi connectivity index (χ0n) is 11.3. The molecule has 1 atom stereocenters. The average Bonchev–Trinajstić information content (AvgIpc) is 2.73. The van der Waals surface area contributed by atoms with Crippen molar-refractivity contribution >= 4 is 27.7 Å². The Labute approximate surface area is 122 Å². The second kappa shape index (κ2) is 5.87. The van der Waals surface area contributed by atoms with Gasteiger partial charge >= 0.3 is 0 Å². The van der Waals surface area contributed by atoms with Crippen LogP contribution in [0.5, 0.6) is 0 Å². The minimum absolute atomic E-state index is 0.0391. The Morgan fingerprint density at radius 1 is 1.47 bits per heavy atom. The first-order valence-corrected chi connectivity index (χ1v) is 7.43. The quantitative estimate of drug-likeness (QED) is 0.798. The molecule has 1 aromatic rings. The van der Waals surface area contributed by atoms with Crippen LogP contribution >= 0.6 is 15.9 Å². The Morgan fingerprint density at radius 2 is 2.21 bits per heavy atom. The highest BCUT2D eigenvalue weighted by Gasteiger charge is 2.34. The van der Waals surface area contributed by atoms with Crippen LogP contribution in [-0.4, -0.2) is 23.3 Å². The number of aryl methyl sites for hydroxylation is 1. The van der Waals surface area contributed by atoms with E-state index >= 15 is 0 Å². The topological polar surface area (TPSA) is 37.4 Å². The van der Waals surface area contributed by atoms with E-state index < -0.39 is 0 Å². The van der Waals surface area contributed by atoms with Crippen LogP contribution in [-0.2, 0) is 4.79 Å². The summed E-state index contributed by atoms with van der Waals surface area (Å²) in [5, 5.41) is 0. The molecule has 2 rings (SSSR count). The van der Waals surface area contributed by atoms with E-state index in [1.807, 2.05) is 19.1 Å². The molecule has 1 aromatic carbocycles. The van der Waals surface area contributed by atoms with Gasteiger partial charge in [-0.2, -0.15) is 0 Å². The summed E-state index contributed by atoms with van der Waals surface area (Å²) in [5.74, 6) is 0.124. The highest BCUT2D eigenvalue weighted by molar-refractivity contribution is 9.10. The van der Waals surface area contributed by atoms with E-state index in [4.69, 9.17) is 0 Å². The van der Waals surface area contributed by atoms with Crippen LogP contribution < -0.4 is 0 Å². The number of nitrogens with zero attached hydrogens (tertiary/aromatic N) is 1. The molecule has 0 N–H and O–H groups in total. The molecule has 0 bridgehead atoms. The molecule has 19 heavy (non-hydrogen) atoms. The van der Waals surface area contributed by atoms with Gasteiger partial charge < -0.3 is 0 Å². The van der Waals surface area contributed by atoms with Gasteiger partial charge in [0.15, 0.2) is 0 Å². The molecule has 1 aliphatic rings. The normalized spacial score (nSPS) is 19.0. The van der Waals surface area contributed by atoms with E-state index in [0.29, 0.717) is 24.4 Å². The SMILES string of the molecule is CCCC1CC(=O)N(C(=O)c2cc(Br)ccc2C)C1. The number of amides is 2. The highest BCUT2D eigenvalue weighted by Crippen LogP contribution is 2.25. The van der Waals surface area contributed by atoms with Gasteiger partial charge in [-0.05, 0) is 37.0 Å². The van der Waals surface area contributed by atoms with Crippen molar-refractivity contribution in [3.05, 3.63) is 33.8 Å². The van der Waals surface area contributed by atoms with Crippen LogP contribution in [0.3, 0.4) is 0 Å². The molecule has 1 aliphatic heterocycles. The Morgan fingerprint density at radius 3 is 2.89 bits per heavy atom. The molecule has 0 radical (unpaired) electrons. The van der Waals surface area contributed by atoms with Crippen LogP contribution in [0.2, 0.25) is 0 Å². The van der Waals surface area contributed by atoms with E-state index in [2.05, 4.69) is 22.9 Å². The van der Waals surface area contributed by atoms with Gasteiger partial charge in [0.25, 0.3) is 5.91 Å². The number of benzene rings is 1. The summed E-state index contributed by atoms with van der Waals surface area (Å²) in [4.78, 5) is 25.8. The minimum atomic E-state index is -0.164. The molecule has 4 heteroatoms. The van der Waals surface area contributed by atoms with Gasteiger partial charge in [0.1, 0.15) is 0 Å². The van der Waals surface area contributed by atoms with Gasteiger partial charge in [0.2, 0.25) is 5.91 Å².